The molecule has 0 heterocycles. The Morgan fingerprint density at radius 2 is 1.69 bits per heavy atom. The van der Waals surface area contributed by atoms with Crippen LogP contribution in [0.25, 0.3) is 0 Å². The first-order chi connectivity index (χ1) is 12.3. The molecule has 1 fully saturated rings. The Balaban J connectivity index is 2.31. The number of aliphatic carboxylic acids is 2. The van der Waals surface area contributed by atoms with Crippen LogP contribution in [0.3, 0.4) is 0 Å². The molecule has 0 spiro atoms. The lowest BCUT2D eigenvalue weighted by Crippen LogP contribution is -2.45. The normalized spacial score (nSPS) is 17.1. The Bertz CT molecular complexity index is 700. The van der Waals surface area contributed by atoms with E-state index in [4.69, 9.17) is 4.74 Å². The van der Waals surface area contributed by atoms with Gasteiger partial charge in [0.15, 0.2) is 0 Å². The van der Waals surface area contributed by atoms with E-state index in [2.05, 4.69) is 6.58 Å². The molecule has 0 aromatic heterocycles. The molecule has 0 radical (unpaired) electrons. The number of carboxylic acid groups (broad SMARTS) is 2. The van der Waals surface area contributed by atoms with Crippen molar-refractivity contribution in [3.05, 3.63) is 42.0 Å². The van der Waals surface area contributed by atoms with Crippen LogP contribution < -0.4 is 4.74 Å². The quantitative estimate of drug-likeness (QED) is 0.438. The lowest BCUT2D eigenvalue weighted by atomic mass is 9.63. The summed E-state index contributed by atoms with van der Waals surface area (Å²) >= 11 is 0. The number of carboxylic acids is 2. The fourth-order valence-electron chi connectivity index (χ4n) is 3.66. The van der Waals surface area contributed by atoms with Gasteiger partial charge in [0.25, 0.3) is 0 Å². The Morgan fingerprint density at radius 3 is 2.19 bits per heavy atom. The first-order valence-electron chi connectivity index (χ1n) is 8.71. The third-order valence-electron chi connectivity index (χ3n) is 5.16. The van der Waals surface area contributed by atoms with Crippen molar-refractivity contribution < 1.29 is 29.3 Å². The van der Waals surface area contributed by atoms with E-state index in [0.29, 0.717) is 18.6 Å². The molecule has 1 aliphatic rings. The molecule has 1 atom stereocenters. The molecule has 0 bridgehead atoms. The van der Waals surface area contributed by atoms with Crippen LogP contribution in [0.4, 0.5) is 0 Å². The van der Waals surface area contributed by atoms with Gasteiger partial charge in [0.05, 0.1) is 6.42 Å². The molecule has 26 heavy (non-hydrogen) atoms. The van der Waals surface area contributed by atoms with Gasteiger partial charge in [-0.3, -0.25) is 9.59 Å². The number of benzene rings is 1. The van der Waals surface area contributed by atoms with Gasteiger partial charge >= 0.3 is 17.9 Å². The van der Waals surface area contributed by atoms with Crippen LogP contribution in [-0.2, 0) is 14.4 Å². The van der Waals surface area contributed by atoms with E-state index >= 15 is 0 Å². The van der Waals surface area contributed by atoms with Crippen molar-refractivity contribution in [1.29, 1.82) is 0 Å². The van der Waals surface area contributed by atoms with Crippen LogP contribution in [0.1, 0.15) is 44.1 Å². The molecule has 1 aliphatic carbocycles. The maximum absolute atomic E-state index is 12.5. The lowest BCUT2D eigenvalue weighted by Gasteiger charge is -2.38. The van der Waals surface area contributed by atoms with Crippen molar-refractivity contribution in [1.82, 2.24) is 0 Å². The molecule has 1 saturated carbocycles. The predicted octanol–water partition coefficient (Wildman–Crippen LogP) is 3.58. The minimum absolute atomic E-state index is 0.296. The number of carbonyl (C=O) groups is 3. The van der Waals surface area contributed by atoms with Gasteiger partial charge in [-0.1, -0.05) is 43.5 Å². The van der Waals surface area contributed by atoms with Gasteiger partial charge in [-0.15, -0.1) is 0 Å². The van der Waals surface area contributed by atoms with Crippen LogP contribution in [0.5, 0.6) is 5.75 Å². The molecule has 0 amide bonds. The minimum Gasteiger partial charge on any atom is -0.481 e. The first-order valence-corrected chi connectivity index (χ1v) is 8.71. The summed E-state index contributed by atoms with van der Waals surface area (Å²) in [6.45, 7) is 5.40. The van der Waals surface area contributed by atoms with Crippen LogP contribution in [-0.4, -0.2) is 28.1 Å². The zero-order valence-corrected chi connectivity index (χ0v) is 14.9. The Morgan fingerprint density at radius 1 is 1.12 bits per heavy atom. The molecule has 2 rings (SSSR count). The molecule has 6 heteroatoms. The molecule has 2 N–H and O–H groups in total. The van der Waals surface area contributed by atoms with Gasteiger partial charge in [0, 0.05) is 5.57 Å². The van der Waals surface area contributed by atoms with Crippen molar-refractivity contribution in [2.45, 2.75) is 45.4 Å². The molecule has 1 unspecified atom stereocenters. The monoisotopic (exact) mass is 360 g/mol. The predicted molar refractivity (Wildman–Crippen MR) is 94.9 cm³/mol. The summed E-state index contributed by atoms with van der Waals surface area (Å²) < 4.78 is 5.26. The minimum atomic E-state index is -1.85. The maximum atomic E-state index is 12.5. The summed E-state index contributed by atoms with van der Waals surface area (Å²) in [6, 6.07) is 6.76. The second kappa shape index (κ2) is 8.17. The summed E-state index contributed by atoms with van der Waals surface area (Å²) in [6.07, 6.45) is 3.14. The van der Waals surface area contributed by atoms with E-state index in [1.54, 1.807) is 24.3 Å². The third kappa shape index (κ3) is 4.12. The average molecular weight is 360 g/mol. The molecule has 1 aromatic rings. The second-order valence-electron chi connectivity index (χ2n) is 6.86. The van der Waals surface area contributed by atoms with Crippen molar-refractivity contribution in [2.24, 2.45) is 11.3 Å². The van der Waals surface area contributed by atoms with E-state index in [-0.39, 0.29) is 0 Å². The summed E-state index contributed by atoms with van der Waals surface area (Å²) in [5, 5.41) is 19.3. The molecular formula is C20H24O6. The van der Waals surface area contributed by atoms with E-state index < -0.39 is 41.2 Å². The number of hydrogen-bond donors (Lipinski definition) is 2. The van der Waals surface area contributed by atoms with Crippen molar-refractivity contribution in [3.63, 3.8) is 0 Å². The average Bonchev–Trinajstić information content (AvgIpc) is 2.61. The highest BCUT2D eigenvalue weighted by atomic mass is 16.5. The van der Waals surface area contributed by atoms with Gasteiger partial charge < -0.3 is 14.9 Å². The van der Waals surface area contributed by atoms with E-state index in [1.165, 1.54) is 0 Å². The lowest BCUT2D eigenvalue weighted by molar-refractivity contribution is -0.159. The van der Waals surface area contributed by atoms with Gasteiger partial charge in [0.2, 0.25) is 0 Å². The fraction of sp³-hybridized carbons (Fsp3) is 0.450. The molecule has 1 aromatic carbocycles. The molecule has 0 aliphatic heterocycles. The van der Waals surface area contributed by atoms with Crippen LogP contribution in [0, 0.1) is 18.3 Å². The van der Waals surface area contributed by atoms with Crippen molar-refractivity contribution in [3.8, 4) is 5.75 Å². The number of hydrogen-bond acceptors (Lipinski definition) is 4. The standard InChI is InChI=1S/C20H24O6/c1-13-8-10-16(11-9-13)26-17(21)12-20(19(24)25,14(2)18(22)23)15-6-4-3-5-7-15/h8-11,15H,2-7,12H2,1H3,(H,22,23)(H,24,25). The molecular weight excluding hydrogens is 336 g/mol. The Labute approximate surface area is 152 Å². The third-order valence-corrected chi connectivity index (χ3v) is 5.16. The van der Waals surface area contributed by atoms with Crippen molar-refractivity contribution in [2.75, 3.05) is 0 Å². The van der Waals surface area contributed by atoms with E-state index in [1.807, 2.05) is 6.92 Å². The number of ether oxygens (including phenoxy) is 1. The summed E-state index contributed by atoms with van der Waals surface area (Å²) in [7, 11) is 0. The summed E-state index contributed by atoms with van der Waals surface area (Å²) in [4.78, 5) is 36.2. The van der Waals surface area contributed by atoms with Gasteiger partial charge in [-0.05, 0) is 37.8 Å². The van der Waals surface area contributed by atoms with Gasteiger partial charge in [0.1, 0.15) is 11.2 Å². The highest BCUT2D eigenvalue weighted by Crippen LogP contribution is 2.46. The maximum Gasteiger partial charge on any atom is 0.332 e. The van der Waals surface area contributed by atoms with Crippen molar-refractivity contribution >= 4 is 17.9 Å². The van der Waals surface area contributed by atoms with E-state index in [9.17, 15) is 24.6 Å². The number of rotatable bonds is 7. The fourth-order valence-corrected chi connectivity index (χ4v) is 3.66. The van der Waals surface area contributed by atoms with E-state index in [0.717, 1.165) is 24.8 Å². The zero-order chi connectivity index (χ0) is 19.3. The topological polar surface area (TPSA) is 101 Å². The molecule has 140 valence electrons. The highest BCUT2D eigenvalue weighted by Gasteiger charge is 2.52. The molecule has 6 nitrogen and oxygen atoms in total. The Kier molecular flexibility index (Phi) is 6.18. The summed E-state index contributed by atoms with van der Waals surface area (Å²) in [5.74, 6) is -3.67. The highest BCUT2D eigenvalue weighted by molar-refractivity contribution is 5.98. The van der Waals surface area contributed by atoms with Gasteiger partial charge in [-0.25, -0.2) is 4.79 Å². The number of aryl methyl sites for hydroxylation is 1. The molecule has 0 saturated heterocycles. The smallest absolute Gasteiger partial charge is 0.332 e. The largest absolute Gasteiger partial charge is 0.481 e. The second-order valence-corrected chi connectivity index (χ2v) is 6.86. The van der Waals surface area contributed by atoms with Crippen LogP contribution >= 0.6 is 0 Å². The SMILES string of the molecule is C=C(C(=O)O)C(CC(=O)Oc1ccc(C)cc1)(C(=O)O)C1CCCCC1. The van der Waals surface area contributed by atoms with Gasteiger partial charge in [-0.2, -0.15) is 0 Å². The number of carbonyl (C=O) groups excluding carboxylic acids is 1. The Hall–Kier alpha value is -2.63. The number of esters is 1. The first kappa shape index (κ1) is 19.7. The van der Waals surface area contributed by atoms with Crippen LogP contribution in [0.15, 0.2) is 36.4 Å². The zero-order valence-electron chi connectivity index (χ0n) is 14.9. The van der Waals surface area contributed by atoms with Crippen LogP contribution in [0.2, 0.25) is 0 Å². The summed E-state index contributed by atoms with van der Waals surface area (Å²) in [5.41, 5.74) is -1.32.